The van der Waals surface area contributed by atoms with Gasteiger partial charge in [0.2, 0.25) is 0 Å². The van der Waals surface area contributed by atoms with Crippen molar-refractivity contribution in [2.24, 2.45) is 0 Å². The molecule has 2 aromatic rings. The van der Waals surface area contributed by atoms with Crippen LogP contribution in [0.1, 0.15) is 35.5 Å². The van der Waals surface area contributed by atoms with Crippen molar-refractivity contribution in [1.82, 2.24) is 9.55 Å². The minimum atomic E-state index is -0.374. The average Bonchev–Trinajstić information content (AvgIpc) is 2.90. The molecule has 3 heterocycles. The summed E-state index contributed by atoms with van der Waals surface area (Å²) in [7, 11) is 0. The molecule has 0 radical (unpaired) electrons. The van der Waals surface area contributed by atoms with Crippen molar-refractivity contribution in [1.29, 1.82) is 0 Å². The highest BCUT2D eigenvalue weighted by Gasteiger charge is 2.21. The van der Waals surface area contributed by atoms with Crippen LogP contribution in [-0.2, 0) is 12.8 Å². The van der Waals surface area contributed by atoms with E-state index in [1.807, 2.05) is 10.8 Å². The topological polar surface area (TPSA) is 38.1 Å². The number of fused-ring (bicyclic) bond motifs is 1. The second-order valence-corrected chi connectivity index (χ2v) is 5.20. The van der Waals surface area contributed by atoms with Gasteiger partial charge in [0, 0.05) is 23.2 Å². The van der Waals surface area contributed by atoms with Crippen molar-refractivity contribution in [2.75, 3.05) is 0 Å². The number of aromatic nitrogens is 2. The van der Waals surface area contributed by atoms with E-state index in [0.29, 0.717) is 0 Å². The van der Waals surface area contributed by atoms with E-state index in [4.69, 9.17) is 0 Å². The fourth-order valence-corrected chi connectivity index (χ4v) is 2.98. The van der Waals surface area contributed by atoms with E-state index < -0.39 is 0 Å². The molecule has 0 saturated carbocycles. The largest absolute Gasteiger partial charge is 0.373 e. The molecule has 2 aromatic heterocycles. The van der Waals surface area contributed by atoms with Crippen molar-refractivity contribution >= 4 is 11.3 Å². The van der Waals surface area contributed by atoms with Gasteiger partial charge in [0.05, 0.1) is 0 Å². The number of nitrogens with zero attached hydrogens (tertiary/aromatic N) is 2. The van der Waals surface area contributed by atoms with Gasteiger partial charge in [-0.3, -0.25) is 0 Å². The van der Waals surface area contributed by atoms with E-state index in [9.17, 15) is 5.11 Å². The van der Waals surface area contributed by atoms with Gasteiger partial charge in [-0.2, -0.15) is 0 Å². The molecule has 84 valence electrons. The first kappa shape index (κ1) is 10.1. The molecular formula is C12H14N2OS. The molecule has 0 bridgehead atoms. The highest BCUT2D eigenvalue weighted by Crippen LogP contribution is 2.26. The van der Waals surface area contributed by atoms with E-state index in [0.717, 1.165) is 31.5 Å². The maximum atomic E-state index is 9.99. The Morgan fingerprint density at radius 1 is 1.56 bits per heavy atom. The van der Waals surface area contributed by atoms with Crippen molar-refractivity contribution in [2.45, 2.75) is 31.9 Å². The normalized spacial score (nSPS) is 19.7. The summed E-state index contributed by atoms with van der Waals surface area (Å²) in [4.78, 5) is 5.73. The molecule has 1 N–H and O–H groups in total. The standard InChI is InChI=1S/C12H14N2OS/c15-12-5-1-3-9-8-13-11(14(9)12)7-10-4-2-6-16-10/h2,4,6,8,12,15H,1,3,5,7H2. The smallest absolute Gasteiger partial charge is 0.132 e. The fourth-order valence-electron chi connectivity index (χ4n) is 2.28. The molecule has 16 heavy (non-hydrogen) atoms. The van der Waals surface area contributed by atoms with Crippen LogP contribution in [0.4, 0.5) is 0 Å². The molecule has 1 atom stereocenters. The van der Waals surface area contributed by atoms with E-state index in [2.05, 4.69) is 22.5 Å². The van der Waals surface area contributed by atoms with Crippen LogP contribution >= 0.6 is 11.3 Å². The number of aliphatic hydroxyl groups excluding tert-OH is 1. The predicted octanol–water partition coefficient (Wildman–Crippen LogP) is 2.36. The third-order valence-electron chi connectivity index (χ3n) is 3.06. The van der Waals surface area contributed by atoms with Gasteiger partial charge in [-0.25, -0.2) is 4.98 Å². The second-order valence-electron chi connectivity index (χ2n) is 4.16. The van der Waals surface area contributed by atoms with E-state index >= 15 is 0 Å². The summed E-state index contributed by atoms with van der Waals surface area (Å²) in [6, 6.07) is 4.16. The van der Waals surface area contributed by atoms with Crippen LogP contribution in [0.15, 0.2) is 23.7 Å². The lowest BCUT2D eigenvalue weighted by Gasteiger charge is -2.22. The van der Waals surface area contributed by atoms with Crippen LogP contribution < -0.4 is 0 Å². The highest BCUT2D eigenvalue weighted by atomic mass is 32.1. The first-order valence-corrected chi connectivity index (χ1v) is 6.48. The molecule has 1 aliphatic rings. The molecule has 0 aliphatic carbocycles. The highest BCUT2D eigenvalue weighted by molar-refractivity contribution is 7.09. The van der Waals surface area contributed by atoms with Crippen LogP contribution in [0.25, 0.3) is 0 Å². The van der Waals surface area contributed by atoms with Crippen molar-refractivity contribution in [3.63, 3.8) is 0 Å². The summed E-state index contributed by atoms with van der Waals surface area (Å²) in [5.41, 5.74) is 1.17. The Morgan fingerprint density at radius 3 is 3.31 bits per heavy atom. The predicted molar refractivity (Wildman–Crippen MR) is 63.5 cm³/mol. The van der Waals surface area contributed by atoms with Crippen molar-refractivity contribution in [3.05, 3.63) is 40.1 Å². The number of thiophene rings is 1. The van der Waals surface area contributed by atoms with Crippen molar-refractivity contribution < 1.29 is 5.11 Å². The number of hydrogen-bond donors (Lipinski definition) is 1. The van der Waals surface area contributed by atoms with Crippen LogP contribution in [0, 0.1) is 0 Å². The molecule has 0 spiro atoms. The summed E-state index contributed by atoms with van der Waals surface area (Å²) < 4.78 is 2.00. The summed E-state index contributed by atoms with van der Waals surface area (Å²) in [6.45, 7) is 0. The fraction of sp³-hybridized carbons (Fsp3) is 0.417. The van der Waals surface area contributed by atoms with Crippen LogP contribution in [0.2, 0.25) is 0 Å². The Hall–Kier alpha value is -1.13. The van der Waals surface area contributed by atoms with Crippen LogP contribution in [0.3, 0.4) is 0 Å². The average molecular weight is 234 g/mol. The lowest BCUT2D eigenvalue weighted by molar-refractivity contribution is 0.0762. The third kappa shape index (κ3) is 1.68. The van der Waals surface area contributed by atoms with E-state index in [1.54, 1.807) is 11.3 Å². The van der Waals surface area contributed by atoms with Gasteiger partial charge < -0.3 is 9.67 Å². The number of imidazole rings is 1. The molecule has 1 aliphatic heterocycles. The zero-order valence-electron chi connectivity index (χ0n) is 8.97. The molecule has 0 saturated heterocycles. The maximum absolute atomic E-state index is 9.99. The lowest BCUT2D eigenvalue weighted by atomic mass is 10.1. The molecule has 1 unspecified atom stereocenters. The van der Waals surface area contributed by atoms with E-state index in [1.165, 1.54) is 10.6 Å². The van der Waals surface area contributed by atoms with Gasteiger partial charge >= 0.3 is 0 Å². The number of hydrogen-bond acceptors (Lipinski definition) is 3. The number of aliphatic hydroxyl groups is 1. The first-order valence-electron chi connectivity index (χ1n) is 5.60. The molecule has 3 nitrogen and oxygen atoms in total. The first-order chi connectivity index (χ1) is 7.84. The minimum absolute atomic E-state index is 0.374. The molecule has 4 heteroatoms. The van der Waals surface area contributed by atoms with Gasteiger partial charge in [0.25, 0.3) is 0 Å². The zero-order chi connectivity index (χ0) is 11.0. The monoisotopic (exact) mass is 234 g/mol. The quantitative estimate of drug-likeness (QED) is 0.866. The molecule has 0 amide bonds. The summed E-state index contributed by atoms with van der Waals surface area (Å²) in [5.74, 6) is 0.990. The van der Waals surface area contributed by atoms with Crippen molar-refractivity contribution in [3.8, 4) is 0 Å². The van der Waals surface area contributed by atoms with Crippen LogP contribution in [0.5, 0.6) is 0 Å². The van der Waals surface area contributed by atoms with Gasteiger partial charge in [-0.15, -0.1) is 11.3 Å². The van der Waals surface area contributed by atoms with E-state index in [-0.39, 0.29) is 6.23 Å². The Balaban J connectivity index is 1.93. The van der Waals surface area contributed by atoms with Gasteiger partial charge in [0.1, 0.15) is 12.1 Å². The number of aryl methyl sites for hydroxylation is 1. The second kappa shape index (κ2) is 4.03. The van der Waals surface area contributed by atoms with Gasteiger partial charge in [-0.05, 0) is 30.7 Å². The summed E-state index contributed by atoms with van der Waals surface area (Å²) in [6.07, 6.45) is 5.31. The Kier molecular flexibility index (Phi) is 2.53. The Morgan fingerprint density at radius 2 is 2.50 bits per heavy atom. The zero-order valence-corrected chi connectivity index (χ0v) is 9.78. The number of rotatable bonds is 2. The molecule has 3 rings (SSSR count). The Labute approximate surface area is 98.4 Å². The summed E-state index contributed by atoms with van der Waals surface area (Å²) in [5, 5.41) is 12.1. The SMILES string of the molecule is OC1CCCc2cnc(Cc3cccs3)n21. The Bertz CT molecular complexity index is 475. The minimum Gasteiger partial charge on any atom is -0.373 e. The van der Waals surface area contributed by atoms with Gasteiger partial charge in [-0.1, -0.05) is 6.07 Å². The lowest BCUT2D eigenvalue weighted by Crippen LogP contribution is -2.19. The van der Waals surface area contributed by atoms with Crippen LogP contribution in [-0.4, -0.2) is 14.7 Å². The molecular weight excluding hydrogens is 220 g/mol. The van der Waals surface area contributed by atoms with Gasteiger partial charge in [0.15, 0.2) is 0 Å². The summed E-state index contributed by atoms with van der Waals surface area (Å²) >= 11 is 1.74. The molecule has 0 fully saturated rings. The third-order valence-corrected chi connectivity index (χ3v) is 3.93. The maximum Gasteiger partial charge on any atom is 0.132 e. The molecule has 0 aromatic carbocycles.